The van der Waals surface area contributed by atoms with Crippen molar-refractivity contribution in [3.8, 4) is 11.1 Å². The lowest BCUT2D eigenvalue weighted by atomic mass is 10.1. The number of nitro benzene ring substituents is 1. The summed E-state index contributed by atoms with van der Waals surface area (Å²) in [6.07, 6.45) is 1.66. The van der Waals surface area contributed by atoms with Crippen LogP contribution in [-0.2, 0) is 11.3 Å². The zero-order valence-corrected chi connectivity index (χ0v) is 25.0. The molecule has 12 heteroatoms. The van der Waals surface area contributed by atoms with Gasteiger partial charge in [-0.3, -0.25) is 14.9 Å². The van der Waals surface area contributed by atoms with Crippen molar-refractivity contribution >= 4 is 28.7 Å². The molecule has 232 valence electrons. The number of hydrogen-bond acceptors (Lipinski definition) is 6. The van der Waals surface area contributed by atoms with Crippen LogP contribution in [0.5, 0.6) is 0 Å². The molecule has 4 rings (SSSR count). The molecule has 0 radical (unpaired) electrons. The average Bonchev–Trinajstić information content (AvgIpc) is 3.32. The topological polar surface area (TPSA) is 128 Å². The van der Waals surface area contributed by atoms with Gasteiger partial charge >= 0.3 is 6.09 Å². The number of benzene rings is 3. The van der Waals surface area contributed by atoms with Gasteiger partial charge in [0.05, 0.1) is 22.5 Å². The molecule has 1 heterocycles. The number of amides is 2. The van der Waals surface area contributed by atoms with E-state index in [0.717, 1.165) is 31.0 Å². The number of ether oxygens (including phenoxy) is 1. The Morgan fingerprint density at radius 1 is 1.05 bits per heavy atom. The van der Waals surface area contributed by atoms with Crippen LogP contribution in [0.4, 0.5) is 19.3 Å². The van der Waals surface area contributed by atoms with Gasteiger partial charge in [0, 0.05) is 30.3 Å². The molecule has 0 saturated carbocycles. The van der Waals surface area contributed by atoms with Gasteiger partial charge in [-0.2, -0.15) is 0 Å². The van der Waals surface area contributed by atoms with Crippen molar-refractivity contribution in [3.63, 3.8) is 0 Å². The molecule has 0 saturated heterocycles. The maximum atomic E-state index is 14.9. The normalized spacial score (nSPS) is 12.1. The van der Waals surface area contributed by atoms with E-state index in [1.54, 1.807) is 51.1 Å². The Morgan fingerprint density at radius 3 is 2.41 bits per heavy atom. The number of alkyl carbamates (subject to hydrolysis) is 1. The first-order chi connectivity index (χ1) is 20.8. The predicted molar refractivity (Wildman–Crippen MR) is 162 cm³/mol. The molecule has 1 aromatic heterocycles. The summed E-state index contributed by atoms with van der Waals surface area (Å²) >= 11 is 0. The SMILES string of the molecule is CCCC[C@@H](CNC(=O)c1nc2ccc(-c3ccc(F)cc3)cc2n1Cc1cc([N+](=O)[O-])ccc1F)NC(=O)OC(C)(C)C. The van der Waals surface area contributed by atoms with E-state index in [4.69, 9.17) is 4.74 Å². The first-order valence-electron chi connectivity index (χ1n) is 14.3. The van der Waals surface area contributed by atoms with E-state index in [9.17, 15) is 28.5 Å². The zero-order chi connectivity index (χ0) is 32.0. The van der Waals surface area contributed by atoms with Crippen LogP contribution in [0.1, 0.15) is 63.1 Å². The Labute approximate surface area is 253 Å². The van der Waals surface area contributed by atoms with Gasteiger partial charge in [0.2, 0.25) is 0 Å². The van der Waals surface area contributed by atoms with Crippen LogP contribution in [0, 0.1) is 21.7 Å². The third-order valence-corrected chi connectivity index (χ3v) is 6.83. The number of hydrogen-bond donors (Lipinski definition) is 2. The molecule has 0 aliphatic heterocycles. The second-order valence-electron chi connectivity index (χ2n) is 11.5. The number of halogens is 2. The molecular formula is C32H35F2N5O5. The fourth-order valence-electron chi connectivity index (χ4n) is 4.69. The second kappa shape index (κ2) is 13.6. The third-order valence-electron chi connectivity index (χ3n) is 6.83. The van der Waals surface area contributed by atoms with Gasteiger partial charge in [-0.1, -0.05) is 38.0 Å². The maximum Gasteiger partial charge on any atom is 0.407 e. The first-order valence-corrected chi connectivity index (χ1v) is 14.3. The highest BCUT2D eigenvalue weighted by atomic mass is 19.1. The minimum atomic E-state index is -0.692. The summed E-state index contributed by atoms with van der Waals surface area (Å²) < 4.78 is 35.3. The number of imidazole rings is 1. The maximum absolute atomic E-state index is 14.9. The Bertz CT molecular complexity index is 1660. The lowest BCUT2D eigenvalue weighted by Gasteiger charge is -2.24. The van der Waals surface area contributed by atoms with Gasteiger partial charge in [-0.15, -0.1) is 0 Å². The zero-order valence-electron chi connectivity index (χ0n) is 25.0. The van der Waals surface area contributed by atoms with E-state index in [1.165, 1.54) is 16.7 Å². The minimum absolute atomic E-state index is 0.00727. The summed E-state index contributed by atoms with van der Waals surface area (Å²) in [6, 6.07) is 13.9. The van der Waals surface area contributed by atoms with E-state index < -0.39 is 40.2 Å². The van der Waals surface area contributed by atoms with Crippen LogP contribution < -0.4 is 10.6 Å². The number of nitrogens with one attached hydrogen (secondary N) is 2. The van der Waals surface area contributed by atoms with Crippen molar-refractivity contribution in [1.29, 1.82) is 0 Å². The van der Waals surface area contributed by atoms with Crippen molar-refractivity contribution in [2.24, 2.45) is 0 Å². The van der Waals surface area contributed by atoms with Crippen LogP contribution >= 0.6 is 0 Å². The molecule has 4 aromatic rings. The van der Waals surface area contributed by atoms with Crippen LogP contribution in [0.3, 0.4) is 0 Å². The van der Waals surface area contributed by atoms with Crippen LogP contribution in [0.25, 0.3) is 22.2 Å². The first kappa shape index (κ1) is 32.1. The van der Waals surface area contributed by atoms with E-state index >= 15 is 0 Å². The van der Waals surface area contributed by atoms with Gasteiger partial charge in [0.1, 0.15) is 17.2 Å². The largest absolute Gasteiger partial charge is 0.444 e. The van der Waals surface area contributed by atoms with Gasteiger partial charge in [0.25, 0.3) is 11.6 Å². The molecule has 0 bridgehead atoms. The van der Waals surface area contributed by atoms with Crippen LogP contribution in [-0.4, -0.2) is 44.7 Å². The summed E-state index contributed by atoms with van der Waals surface area (Å²) in [5.41, 5.74) is 1.32. The number of nitrogens with zero attached hydrogens (tertiary/aromatic N) is 3. The van der Waals surface area contributed by atoms with E-state index in [-0.39, 0.29) is 30.2 Å². The van der Waals surface area contributed by atoms with Gasteiger partial charge < -0.3 is 19.9 Å². The lowest BCUT2D eigenvalue weighted by molar-refractivity contribution is -0.385. The summed E-state index contributed by atoms with van der Waals surface area (Å²) in [6.45, 7) is 7.13. The molecule has 44 heavy (non-hydrogen) atoms. The summed E-state index contributed by atoms with van der Waals surface area (Å²) in [4.78, 5) is 41.3. The van der Waals surface area contributed by atoms with Crippen molar-refractivity contribution in [2.75, 3.05) is 6.54 Å². The molecular weight excluding hydrogens is 572 g/mol. The Kier molecular flexibility index (Phi) is 9.92. The quantitative estimate of drug-likeness (QED) is 0.143. The van der Waals surface area contributed by atoms with Crippen LogP contribution in [0.15, 0.2) is 60.7 Å². The highest BCUT2D eigenvalue weighted by molar-refractivity contribution is 5.96. The minimum Gasteiger partial charge on any atom is -0.444 e. The highest BCUT2D eigenvalue weighted by Crippen LogP contribution is 2.27. The summed E-state index contributed by atoms with van der Waals surface area (Å²) in [7, 11) is 0. The number of fused-ring (bicyclic) bond motifs is 1. The monoisotopic (exact) mass is 607 g/mol. The fourth-order valence-corrected chi connectivity index (χ4v) is 4.69. The standard InChI is InChI=1S/C32H35F2N5O5/c1-5-6-7-24(36-31(41)44-32(2,3)4)18-35-30(40)29-37-27-15-10-21(20-8-11-23(33)12-9-20)17-28(27)38(29)19-22-16-25(39(42)43)13-14-26(22)34/h8-17,24H,5-7,18-19H2,1-4H3,(H,35,40)(H,36,41)/t24-/m0/s1. The number of rotatable bonds is 11. The number of carbonyl (C=O) groups is 2. The molecule has 3 aromatic carbocycles. The number of unbranched alkanes of at least 4 members (excludes halogenated alkanes) is 1. The molecule has 10 nitrogen and oxygen atoms in total. The fraction of sp³-hybridized carbons (Fsp3) is 0.344. The van der Waals surface area contributed by atoms with Gasteiger partial charge in [-0.05, 0) is 68.7 Å². The Morgan fingerprint density at radius 2 is 1.75 bits per heavy atom. The molecule has 0 spiro atoms. The molecule has 0 unspecified atom stereocenters. The van der Waals surface area contributed by atoms with E-state index in [1.807, 2.05) is 6.92 Å². The average molecular weight is 608 g/mol. The van der Waals surface area contributed by atoms with Gasteiger partial charge in [0.15, 0.2) is 5.82 Å². The van der Waals surface area contributed by atoms with Crippen LogP contribution in [0.2, 0.25) is 0 Å². The lowest BCUT2D eigenvalue weighted by Crippen LogP contribution is -2.45. The predicted octanol–water partition coefficient (Wildman–Crippen LogP) is 6.75. The molecule has 0 aliphatic carbocycles. The number of non-ortho nitro benzene ring substituents is 1. The molecule has 2 amide bonds. The molecule has 0 fully saturated rings. The molecule has 2 N–H and O–H groups in total. The number of nitro groups is 1. The molecule has 0 aliphatic rings. The Balaban J connectivity index is 1.69. The third kappa shape index (κ3) is 8.15. The van der Waals surface area contributed by atoms with Crippen molar-refractivity contribution < 1.29 is 28.0 Å². The van der Waals surface area contributed by atoms with Gasteiger partial charge in [-0.25, -0.2) is 18.6 Å². The summed E-state index contributed by atoms with van der Waals surface area (Å²) in [5, 5.41) is 17.0. The van der Waals surface area contributed by atoms with Crippen molar-refractivity contribution in [2.45, 2.75) is 65.1 Å². The summed E-state index contributed by atoms with van der Waals surface area (Å²) in [5.74, 6) is -1.70. The Hall–Kier alpha value is -4.87. The van der Waals surface area contributed by atoms with Crippen molar-refractivity contribution in [3.05, 3.63) is 93.8 Å². The number of aromatic nitrogens is 2. The van der Waals surface area contributed by atoms with E-state index in [2.05, 4.69) is 15.6 Å². The molecule has 1 atom stereocenters. The highest BCUT2D eigenvalue weighted by Gasteiger charge is 2.23. The number of carbonyl (C=O) groups excluding carboxylic acids is 2. The van der Waals surface area contributed by atoms with E-state index in [0.29, 0.717) is 28.6 Å². The second-order valence-corrected chi connectivity index (χ2v) is 11.5. The van der Waals surface area contributed by atoms with Crippen molar-refractivity contribution in [1.82, 2.24) is 20.2 Å². The smallest absolute Gasteiger partial charge is 0.407 e.